The Kier molecular flexibility index (Phi) is 4.08. The second-order valence-electron chi connectivity index (χ2n) is 6.84. The maximum Gasteiger partial charge on any atom is 0.246 e. The van der Waals surface area contributed by atoms with Gasteiger partial charge in [-0.25, -0.2) is 0 Å². The molecule has 0 spiro atoms. The number of rotatable bonds is 5. The molecule has 7 nitrogen and oxygen atoms in total. The van der Waals surface area contributed by atoms with Crippen molar-refractivity contribution in [3.63, 3.8) is 0 Å². The summed E-state index contributed by atoms with van der Waals surface area (Å²) < 4.78 is 0. The summed E-state index contributed by atoms with van der Waals surface area (Å²) in [6.45, 7) is 0.653. The Hall–Kier alpha value is -1.63. The molecule has 3 fully saturated rings. The molecule has 1 heterocycles. The zero-order valence-corrected chi connectivity index (χ0v) is 12.7. The largest absolute Gasteiger partial charge is 0.368 e. The summed E-state index contributed by atoms with van der Waals surface area (Å²) >= 11 is 0. The maximum atomic E-state index is 12.7. The van der Waals surface area contributed by atoms with E-state index in [2.05, 4.69) is 16.0 Å². The number of amides is 3. The first-order valence-electron chi connectivity index (χ1n) is 8.13. The number of hydrogen-bond donors (Lipinski definition) is 4. The molecule has 0 aromatic heterocycles. The van der Waals surface area contributed by atoms with Crippen molar-refractivity contribution in [1.82, 2.24) is 16.0 Å². The Morgan fingerprint density at radius 2 is 2.05 bits per heavy atom. The minimum Gasteiger partial charge on any atom is -0.368 e. The van der Waals surface area contributed by atoms with Gasteiger partial charge in [0.2, 0.25) is 17.7 Å². The van der Waals surface area contributed by atoms with Crippen LogP contribution in [0.1, 0.15) is 38.5 Å². The van der Waals surface area contributed by atoms with Gasteiger partial charge in [0.1, 0.15) is 5.54 Å². The smallest absolute Gasteiger partial charge is 0.246 e. The fourth-order valence-electron chi connectivity index (χ4n) is 4.36. The zero-order valence-electron chi connectivity index (χ0n) is 12.7. The number of primary amides is 1. The van der Waals surface area contributed by atoms with Gasteiger partial charge in [-0.15, -0.1) is 0 Å². The van der Waals surface area contributed by atoms with E-state index in [0.29, 0.717) is 12.3 Å². The van der Waals surface area contributed by atoms with Crippen molar-refractivity contribution in [3.05, 3.63) is 0 Å². The summed E-state index contributed by atoms with van der Waals surface area (Å²) in [6, 6.07) is -0.208. The van der Waals surface area contributed by atoms with E-state index in [-0.39, 0.29) is 30.3 Å². The number of carbonyl (C=O) groups excluding carboxylic acids is 3. The molecule has 0 radical (unpaired) electrons. The number of hydrogen-bond acceptors (Lipinski definition) is 4. The lowest BCUT2D eigenvalue weighted by atomic mass is 9.79. The third-order valence-corrected chi connectivity index (χ3v) is 5.40. The zero-order chi connectivity index (χ0) is 15.7. The Bertz CT molecular complexity index is 489. The van der Waals surface area contributed by atoms with Crippen LogP contribution in [0.5, 0.6) is 0 Å². The molecule has 4 atom stereocenters. The molecule has 3 aliphatic rings. The molecule has 2 saturated carbocycles. The maximum absolute atomic E-state index is 12.7. The van der Waals surface area contributed by atoms with Gasteiger partial charge in [-0.1, -0.05) is 0 Å². The highest BCUT2D eigenvalue weighted by molar-refractivity contribution is 5.95. The van der Waals surface area contributed by atoms with E-state index in [1.54, 1.807) is 0 Å². The van der Waals surface area contributed by atoms with E-state index in [9.17, 15) is 14.4 Å². The van der Waals surface area contributed by atoms with Crippen molar-refractivity contribution >= 4 is 17.7 Å². The third kappa shape index (κ3) is 2.69. The highest BCUT2D eigenvalue weighted by Gasteiger charge is 2.56. The Morgan fingerprint density at radius 3 is 2.59 bits per heavy atom. The first-order chi connectivity index (χ1) is 10.5. The fraction of sp³-hybridized carbons (Fsp3) is 0.800. The number of carbonyl (C=O) groups is 3. The minimum absolute atomic E-state index is 0.0979. The Balaban J connectivity index is 1.73. The first kappa shape index (κ1) is 15.3. The standard InChI is InChI=1S/C15H24N4O3/c16-12(20)8-18-14(22)15(7-9-3-4-10(15)6-9)19-13(21)11-2-1-5-17-11/h9-11,17H,1-8H2,(H2,16,20)(H,18,22)(H,19,21). The Labute approximate surface area is 129 Å². The topological polar surface area (TPSA) is 113 Å². The van der Waals surface area contributed by atoms with Gasteiger partial charge in [-0.3, -0.25) is 14.4 Å². The molecule has 0 aromatic rings. The van der Waals surface area contributed by atoms with Crippen molar-refractivity contribution in [2.75, 3.05) is 13.1 Å². The number of nitrogens with one attached hydrogen (secondary N) is 3. The lowest BCUT2D eigenvalue weighted by Gasteiger charge is -2.37. The van der Waals surface area contributed by atoms with E-state index in [0.717, 1.165) is 38.6 Å². The molecule has 1 saturated heterocycles. The van der Waals surface area contributed by atoms with Crippen molar-refractivity contribution in [2.24, 2.45) is 17.6 Å². The second kappa shape index (κ2) is 5.87. The predicted octanol–water partition coefficient (Wildman–Crippen LogP) is -0.985. The fourth-order valence-corrected chi connectivity index (χ4v) is 4.36. The first-order valence-corrected chi connectivity index (χ1v) is 8.13. The molecule has 2 bridgehead atoms. The lowest BCUT2D eigenvalue weighted by molar-refractivity contribution is -0.137. The minimum atomic E-state index is -0.861. The highest BCUT2D eigenvalue weighted by Crippen LogP contribution is 2.51. The second-order valence-corrected chi connectivity index (χ2v) is 6.84. The van der Waals surface area contributed by atoms with E-state index in [4.69, 9.17) is 5.73 Å². The SMILES string of the molecule is NC(=O)CNC(=O)C1(NC(=O)C2CCCN2)CC2CCC1C2. The van der Waals surface area contributed by atoms with Gasteiger partial charge in [0, 0.05) is 0 Å². The average Bonchev–Trinajstić information content (AvgIpc) is 3.20. The molecule has 22 heavy (non-hydrogen) atoms. The third-order valence-electron chi connectivity index (χ3n) is 5.40. The van der Waals surface area contributed by atoms with Gasteiger partial charge in [-0.2, -0.15) is 0 Å². The summed E-state index contributed by atoms with van der Waals surface area (Å²) in [4.78, 5) is 36.1. The average molecular weight is 308 g/mol. The van der Waals surface area contributed by atoms with Gasteiger partial charge >= 0.3 is 0 Å². The molecular formula is C15H24N4O3. The van der Waals surface area contributed by atoms with E-state index < -0.39 is 11.4 Å². The normalized spacial score (nSPS) is 36.3. The number of nitrogens with two attached hydrogens (primary N) is 1. The van der Waals surface area contributed by atoms with Crippen LogP contribution in [0.4, 0.5) is 0 Å². The van der Waals surface area contributed by atoms with Gasteiger partial charge in [-0.05, 0) is 56.9 Å². The van der Waals surface area contributed by atoms with Crippen LogP contribution in [0, 0.1) is 11.8 Å². The summed E-state index contributed by atoms with van der Waals surface area (Å²) in [6.07, 6.45) is 5.49. The lowest BCUT2D eigenvalue weighted by Crippen LogP contribution is -2.64. The van der Waals surface area contributed by atoms with Gasteiger partial charge in [0.05, 0.1) is 12.6 Å². The molecular weight excluding hydrogens is 284 g/mol. The quantitative estimate of drug-likeness (QED) is 0.522. The molecule has 1 aliphatic heterocycles. The molecule has 2 aliphatic carbocycles. The van der Waals surface area contributed by atoms with Crippen LogP contribution in [0.15, 0.2) is 0 Å². The molecule has 4 unspecified atom stereocenters. The molecule has 122 valence electrons. The summed E-state index contributed by atoms with van der Waals surface area (Å²) in [5, 5.41) is 8.78. The van der Waals surface area contributed by atoms with Crippen LogP contribution in [-0.4, -0.2) is 42.4 Å². The monoisotopic (exact) mass is 308 g/mol. The van der Waals surface area contributed by atoms with Crippen LogP contribution in [0.25, 0.3) is 0 Å². The van der Waals surface area contributed by atoms with Crippen molar-refractivity contribution in [1.29, 1.82) is 0 Å². The van der Waals surface area contributed by atoms with Crippen LogP contribution in [-0.2, 0) is 14.4 Å². The predicted molar refractivity (Wildman–Crippen MR) is 79.6 cm³/mol. The van der Waals surface area contributed by atoms with Gasteiger partial charge < -0.3 is 21.7 Å². The van der Waals surface area contributed by atoms with E-state index >= 15 is 0 Å². The molecule has 0 aromatic carbocycles. The number of fused-ring (bicyclic) bond motifs is 2. The molecule has 3 amide bonds. The van der Waals surface area contributed by atoms with E-state index in [1.807, 2.05) is 0 Å². The van der Waals surface area contributed by atoms with Crippen molar-refractivity contribution < 1.29 is 14.4 Å². The van der Waals surface area contributed by atoms with Crippen LogP contribution in [0.3, 0.4) is 0 Å². The highest BCUT2D eigenvalue weighted by atomic mass is 16.2. The molecule has 3 rings (SSSR count). The van der Waals surface area contributed by atoms with Crippen LogP contribution >= 0.6 is 0 Å². The van der Waals surface area contributed by atoms with Crippen LogP contribution < -0.4 is 21.7 Å². The van der Waals surface area contributed by atoms with Crippen molar-refractivity contribution in [2.45, 2.75) is 50.1 Å². The molecule has 5 N–H and O–H groups in total. The van der Waals surface area contributed by atoms with Crippen LogP contribution in [0.2, 0.25) is 0 Å². The van der Waals surface area contributed by atoms with Crippen molar-refractivity contribution in [3.8, 4) is 0 Å². The molecule has 7 heteroatoms. The van der Waals surface area contributed by atoms with Gasteiger partial charge in [0.15, 0.2) is 0 Å². The summed E-state index contributed by atoms with van der Waals surface area (Å²) in [5.74, 6) is -0.281. The summed E-state index contributed by atoms with van der Waals surface area (Å²) in [5.41, 5.74) is 4.25. The van der Waals surface area contributed by atoms with E-state index in [1.165, 1.54) is 0 Å². The van der Waals surface area contributed by atoms with Gasteiger partial charge in [0.25, 0.3) is 0 Å². The Morgan fingerprint density at radius 1 is 1.23 bits per heavy atom. The summed E-state index contributed by atoms with van der Waals surface area (Å²) in [7, 11) is 0.